The first-order valence-corrected chi connectivity index (χ1v) is 12.2. The van der Waals surface area contributed by atoms with Crippen molar-refractivity contribution in [2.45, 2.75) is 19.6 Å². The molecule has 0 radical (unpaired) electrons. The molecule has 0 aliphatic rings. The molecule has 38 heavy (non-hydrogen) atoms. The maximum Gasteiger partial charge on any atom is 0.490 e. The smallest absolute Gasteiger partial charge is 0.490 e. The summed E-state index contributed by atoms with van der Waals surface area (Å²) in [5.74, 6) is -2.77. The first kappa shape index (κ1) is 26.8. The molecule has 0 aliphatic carbocycles. The number of carboxylic acids is 1. The van der Waals surface area contributed by atoms with Crippen LogP contribution in [-0.4, -0.2) is 32.3 Å². The molecule has 2 aromatic carbocycles. The number of nitrogens with two attached hydrogens (primary N) is 1. The van der Waals surface area contributed by atoms with Crippen LogP contribution in [0.5, 0.6) is 5.88 Å². The van der Waals surface area contributed by atoms with Crippen molar-refractivity contribution in [3.63, 3.8) is 0 Å². The lowest BCUT2D eigenvalue weighted by atomic mass is 9.95. The summed E-state index contributed by atoms with van der Waals surface area (Å²) in [4.78, 5) is 18.3. The van der Waals surface area contributed by atoms with Gasteiger partial charge in [-0.1, -0.05) is 54.6 Å². The summed E-state index contributed by atoms with van der Waals surface area (Å²) >= 11 is 1.65. The molecule has 0 aliphatic heterocycles. The topological polar surface area (TPSA) is 109 Å². The second kappa shape index (κ2) is 11.0. The van der Waals surface area contributed by atoms with Crippen LogP contribution in [0.15, 0.2) is 77.6 Å². The molecule has 0 saturated carbocycles. The third-order valence-electron chi connectivity index (χ3n) is 5.77. The molecule has 4 N–H and O–H groups in total. The van der Waals surface area contributed by atoms with Crippen LogP contribution in [0, 0.1) is 6.92 Å². The van der Waals surface area contributed by atoms with Gasteiger partial charge in [-0.15, -0.1) is 0 Å². The van der Waals surface area contributed by atoms with Gasteiger partial charge in [0.15, 0.2) is 0 Å². The Morgan fingerprint density at radius 2 is 1.63 bits per heavy atom. The van der Waals surface area contributed by atoms with Crippen LogP contribution in [0.3, 0.4) is 0 Å². The fraction of sp³-hybridized carbons (Fsp3) is 0.107. The number of aryl methyl sites for hydroxylation is 1. The Labute approximate surface area is 219 Å². The summed E-state index contributed by atoms with van der Waals surface area (Å²) in [6, 6.07) is 20.3. The molecule has 6 nitrogen and oxygen atoms in total. The Balaban J connectivity index is 0.000000426. The summed E-state index contributed by atoms with van der Waals surface area (Å²) in [7, 11) is 0. The fourth-order valence-corrected chi connectivity index (χ4v) is 4.68. The quantitative estimate of drug-likeness (QED) is 0.233. The number of pyridine rings is 2. The molecule has 10 heteroatoms. The largest absolute Gasteiger partial charge is 0.493 e. The van der Waals surface area contributed by atoms with Gasteiger partial charge in [0.05, 0.1) is 16.6 Å². The van der Waals surface area contributed by atoms with Gasteiger partial charge >= 0.3 is 12.1 Å². The minimum Gasteiger partial charge on any atom is -0.493 e. The van der Waals surface area contributed by atoms with Crippen molar-refractivity contribution in [3.05, 3.63) is 88.7 Å². The van der Waals surface area contributed by atoms with Crippen molar-refractivity contribution in [2.24, 2.45) is 5.73 Å². The number of benzene rings is 2. The Morgan fingerprint density at radius 1 is 0.974 bits per heavy atom. The molecule has 5 aromatic rings. The number of carbonyl (C=O) groups is 1. The molecule has 0 fully saturated rings. The number of carboxylic acid groups (broad SMARTS) is 1. The Kier molecular flexibility index (Phi) is 7.75. The van der Waals surface area contributed by atoms with Gasteiger partial charge in [-0.3, -0.25) is 0 Å². The van der Waals surface area contributed by atoms with Gasteiger partial charge in [-0.2, -0.15) is 24.5 Å². The van der Waals surface area contributed by atoms with E-state index < -0.39 is 12.1 Å². The lowest BCUT2D eigenvalue weighted by Crippen LogP contribution is -2.21. The molecule has 0 bridgehead atoms. The van der Waals surface area contributed by atoms with Crippen molar-refractivity contribution >= 4 is 28.2 Å². The maximum atomic E-state index is 10.6. The SMILES string of the molecule is Cc1cscc1-c1cnc(O)c2cc(-c3ccccc3)c(-c3ccc(CN)cc3)nc12.O=C(O)C(F)(F)F. The van der Waals surface area contributed by atoms with Crippen molar-refractivity contribution in [2.75, 3.05) is 0 Å². The molecule has 0 spiro atoms. The van der Waals surface area contributed by atoms with Gasteiger partial charge in [0.25, 0.3) is 0 Å². The number of aromatic hydroxyl groups is 1. The maximum absolute atomic E-state index is 10.6. The molecule has 0 saturated heterocycles. The van der Waals surface area contributed by atoms with Gasteiger partial charge in [0.1, 0.15) is 0 Å². The highest BCUT2D eigenvalue weighted by Gasteiger charge is 2.38. The van der Waals surface area contributed by atoms with E-state index in [9.17, 15) is 18.3 Å². The molecule has 5 rings (SSSR count). The summed E-state index contributed by atoms with van der Waals surface area (Å²) in [6.07, 6.45) is -3.37. The van der Waals surface area contributed by atoms with Crippen molar-refractivity contribution in [1.82, 2.24) is 9.97 Å². The van der Waals surface area contributed by atoms with E-state index in [2.05, 4.69) is 46.9 Å². The lowest BCUT2D eigenvalue weighted by molar-refractivity contribution is -0.192. The number of thiophene rings is 1. The number of nitrogens with zero attached hydrogens (tertiary/aromatic N) is 2. The minimum atomic E-state index is -5.08. The van der Waals surface area contributed by atoms with Crippen LogP contribution < -0.4 is 5.73 Å². The van der Waals surface area contributed by atoms with E-state index in [0.717, 1.165) is 44.6 Å². The van der Waals surface area contributed by atoms with Crippen LogP contribution in [0.1, 0.15) is 11.1 Å². The number of fused-ring (bicyclic) bond motifs is 1. The fourth-order valence-electron chi connectivity index (χ4n) is 3.84. The minimum absolute atomic E-state index is 0.0126. The second-order valence-electron chi connectivity index (χ2n) is 8.31. The van der Waals surface area contributed by atoms with E-state index in [-0.39, 0.29) is 5.88 Å². The first-order chi connectivity index (χ1) is 18.1. The monoisotopic (exact) mass is 537 g/mol. The second-order valence-corrected chi connectivity index (χ2v) is 9.06. The molecule has 0 atom stereocenters. The van der Waals surface area contributed by atoms with Gasteiger partial charge in [-0.05, 0) is 46.0 Å². The van der Waals surface area contributed by atoms with Crippen LogP contribution in [0.4, 0.5) is 13.2 Å². The van der Waals surface area contributed by atoms with E-state index in [1.807, 2.05) is 36.4 Å². The Hall–Kier alpha value is -4.28. The third-order valence-corrected chi connectivity index (χ3v) is 6.63. The summed E-state index contributed by atoms with van der Waals surface area (Å²) < 4.78 is 31.7. The first-order valence-electron chi connectivity index (χ1n) is 11.3. The van der Waals surface area contributed by atoms with Crippen molar-refractivity contribution in [3.8, 4) is 39.4 Å². The van der Waals surface area contributed by atoms with Gasteiger partial charge in [-0.25, -0.2) is 14.8 Å². The number of halogens is 3. The molecule has 194 valence electrons. The van der Waals surface area contributed by atoms with Crippen molar-refractivity contribution < 1.29 is 28.2 Å². The summed E-state index contributed by atoms with van der Waals surface area (Å²) in [5, 5.41) is 22.6. The number of alkyl halides is 3. The van der Waals surface area contributed by atoms with Crippen LogP contribution in [-0.2, 0) is 11.3 Å². The molecular weight excluding hydrogens is 515 g/mol. The standard InChI is InChI=1S/C26H21N3OS.C2HF3O2/c1-16-14-31-15-23(16)22-13-28-26(30)21-11-20(18-5-3-2-4-6-18)24(29-25(21)22)19-9-7-17(12-27)8-10-19;3-2(4,5)1(6)7/h2-11,13-15H,12,27H2,1H3,(H,28,30);(H,6,7). The zero-order valence-corrected chi connectivity index (χ0v) is 20.8. The van der Waals surface area contributed by atoms with E-state index in [1.54, 1.807) is 17.5 Å². The molecule has 3 heterocycles. The average Bonchev–Trinajstić information content (AvgIpc) is 3.34. The highest BCUT2D eigenvalue weighted by molar-refractivity contribution is 7.08. The Bertz CT molecular complexity index is 1580. The van der Waals surface area contributed by atoms with E-state index in [1.165, 1.54) is 5.56 Å². The highest BCUT2D eigenvalue weighted by atomic mass is 32.1. The Morgan fingerprint density at radius 3 is 2.18 bits per heavy atom. The molecule has 0 amide bonds. The number of aliphatic carboxylic acids is 1. The third kappa shape index (κ3) is 5.66. The van der Waals surface area contributed by atoms with Gasteiger partial charge < -0.3 is 15.9 Å². The number of hydrogen-bond acceptors (Lipinski definition) is 6. The number of rotatable bonds is 4. The molecule has 0 unspecified atom stereocenters. The summed E-state index contributed by atoms with van der Waals surface area (Å²) in [5.41, 5.74) is 14.6. The van der Waals surface area contributed by atoms with Gasteiger partial charge in [0, 0.05) is 29.4 Å². The normalized spacial score (nSPS) is 11.2. The van der Waals surface area contributed by atoms with Gasteiger partial charge in [0.2, 0.25) is 5.88 Å². The zero-order chi connectivity index (χ0) is 27.4. The highest BCUT2D eigenvalue weighted by Crippen LogP contribution is 2.40. The average molecular weight is 538 g/mol. The van der Waals surface area contributed by atoms with E-state index in [4.69, 9.17) is 20.6 Å². The number of aromatic nitrogens is 2. The van der Waals surface area contributed by atoms with Crippen LogP contribution in [0.25, 0.3) is 44.4 Å². The van der Waals surface area contributed by atoms with E-state index >= 15 is 0 Å². The van der Waals surface area contributed by atoms with Crippen molar-refractivity contribution in [1.29, 1.82) is 0 Å². The molecule has 3 aromatic heterocycles. The lowest BCUT2D eigenvalue weighted by Gasteiger charge is -2.14. The number of hydrogen-bond donors (Lipinski definition) is 3. The molecular formula is C28H22F3N3O3S. The zero-order valence-electron chi connectivity index (χ0n) is 20.0. The predicted molar refractivity (Wildman–Crippen MR) is 142 cm³/mol. The summed E-state index contributed by atoms with van der Waals surface area (Å²) in [6.45, 7) is 2.58. The van der Waals surface area contributed by atoms with E-state index in [0.29, 0.717) is 11.9 Å². The predicted octanol–water partition coefficient (Wildman–Crippen LogP) is 6.80. The van der Waals surface area contributed by atoms with Crippen LogP contribution >= 0.6 is 11.3 Å². The van der Waals surface area contributed by atoms with Crippen LogP contribution in [0.2, 0.25) is 0 Å².